The molecule has 5 aromatic rings. The minimum Gasteiger partial charge on any atom is -0.490 e. The topological polar surface area (TPSA) is 141 Å². The summed E-state index contributed by atoms with van der Waals surface area (Å²) in [6.45, 7) is 24.5. The molecule has 0 amide bonds. The Hall–Kier alpha value is -4.56. The first-order valence-corrected chi connectivity index (χ1v) is 25.4. The molecule has 0 saturated carbocycles. The molecule has 2 unspecified atom stereocenters. The first-order chi connectivity index (χ1) is 30.3. The largest absolute Gasteiger partial charge is 0.490 e. The molecule has 0 spiro atoms. The van der Waals surface area contributed by atoms with Gasteiger partial charge in [0.25, 0.3) is 0 Å². The molecule has 2 atom stereocenters. The lowest BCUT2D eigenvalue weighted by Crippen LogP contribution is -2.16. The molecule has 64 heavy (non-hydrogen) atoms. The number of aromatic nitrogens is 4. The van der Waals surface area contributed by atoms with Gasteiger partial charge in [-0.15, -0.1) is 5.10 Å². The molecule has 0 aliphatic carbocycles. The van der Waals surface area contributed by atoms with Gasteiger partial charge in [0.05, 0.1) is 24.6 Å². The van der Waals surface area contributed by atoms with Crippen molar-refractivity contribution in [1.29, 1.82) is 0 Å². The Morgan fingerprint density at radius 3 is 1.44 bits per heavy atom. The van der Waals surface area contributed by atoms with Gasteiger partial charge in [0, 0.05) is 22.7 Å². The van der Waals surface area contributed by atoms with E-state index in [2.05, 4.69) is 90.7 Å². The highest BCUT2D eigenvalue weighted by Gasteiger charge is 2.23. The molecule has 12 nitrogen and oxygen atoms in total. The van der Waals surface area contributed by atoms with Crippen molar-refractivity contribution in [3.8, 4) is 34.4 Å². The first kappa shape index (κ1) is 50.4. The lowest BCUT2D eigenvalue weighted by atomic mass is 9.87. The van der Waals surface area contributed by atoms with Crippen molar-refractivity contribution in [1.82, 2.24) is 19.8 Å². The third kappa shape index (κ3) is 15.3. The molecule has 0 saturated heterocycles. The minimum atomic E-state index is -2.07. The number of hydrogen-bond acceptors (Lipinski definition) is 8. The molecule has 0 fully saturated rings. The number of fused-ring (bicyclic) bond motifs is 1. The normalized spacial score (nSPS) is 13.2. The number of nitrogens with one attached hydrogen (secondary N) is 3. The van der Waals surface area contributed by atoms with E-state index in [0.29, 0.717) is 64.6 Å². The van der Waals surface area contributed by atoms with Crippen molar-refractivity contribution in [2.75, 3.05) is 22.7 Å². The summed E-state index contributed by atoms with van der Waals surface area (Å²) in [4.78, 5) is 4.81. The fourth-order valence-corrected chi connectivity index (χ4v) is 8.29. The summed E-state index contributed by atoms with van der Waals surface area (Å²) in [5.41, 5.74) is 4.57. The monoisotopic (exact) mass is 919 g/mol. The molecule has 2 aromatic heterocycles. The summed E-state index contributed by atoms with van der Waals surface area (Å²) < 4.78 is 60.1. The standard InChI is InChI=1S/C50H74N6O6S2/c1-12-14-16-18-20-22-28-59-41-26-24-37(48(3,4)5)32-43(41)61-63(57)54-39-30-36(47-51-46-35-45(50(9,10)11)52-56(46)53-47)31-40(34-39)55-64(58)62-44-33-38(49(6,7)8)25-27-42(44)60-29-23-21-19-17-15-13-2/h24-27,30-35,52,54-55H,12-23,28-29H2,1-11H3. The van der Waals surface area contributed by atoms with Crippen LogP contribution in [0.25, 0.3) is 17.0 Å². The molecule has 0 bridgehead atoms. The molecule has 352 valence electrons. The number of nitrogens with zero attached hydrogens (tertiary/aromatic N) is 3. The second-order valence-corrected chi connectivity index (χ2v) is 21.5. The van der Waals surface area contributed by atoms with E-state index >= 15 is 0 Å². The SMILES string of the molecule is CCCCCCCCOc1ccc(C(C)(C)C)cc1OS(=O)Nc1cc(NS(=O)Oc2cc(C(C)(C)C)ccc2OCCCCCCCC)cc(-c2nc3cc(C(C)(C)C)[nH]n3n2)c1. The lowest BCUT2D eigenvalue weighted by molar-refractivity contribution is 0.296. The van der Waals surface area contributed by atoms with Crippen LogP contribution in [0.2, 0.25) is 0 Å². The van der Waals surface area contributed by atoms with E-state index < -0.39 is 22.5 Å². The molecular formula is C50H74N6O6S2. The summed E-state index contributed by atoms with van der Waals surface area (Å²) >= 11 is -4.14. The number of hydrogen-bond donors (Lipinski definition) is 3. The highest BCUT2D eigenvalue weighted by molar-refractivity contribution is 7.82. The van der Waals surface area contributed by atoms with Crippen molar-refractivity contribution < 1.29 is 26.3 Å². The van der Waals surface area contributed by atoms with E-state index in [-0.39, 0.29) is 16.2 Å². The minimum absolute atomic E-state index is 0.130. The second-order valence-electron chi connectivity index (χ2n) is 19.8. The molecule has 3 N–H and O–H groups in total. The summed E-state index contributed by atoms with van der Waals surface area (Å²) in [6.07, 6.45) is 13.7. The Labute approximate surface area is 388 Å². The van der Waals surface area contributed by atoms with Crippen molar-refractivity contribution in [2.45, 2.75) is 169 Å². The smallest absolute Gasteiger partial charge is 0.316 e. The summed E-state index contributed by atoms with van der Waals surface area (Å²) in [6, 6.07) is 18.8. The van der Waals surface area contributed by atoms with Crippen molar-refractivity contribution in [2.24, 2.45) is 0 Å². The van der Waals surface area contributed by atoms with Gasteiger partial charge < -0.3 is 17.8 Å². The summed E-state index contributed by atoms with van der Waals surface area (Å²) in [5.74, 6) is 2.21. The van der Waals surface area contributed by atoms with E-state index in [1.54, 1.807) is 22.8 Å². The average Bonchev–Trinajstić information content (AvgIpc) is 3.81. The zero-order valence-electron chi connectivity index (χ0n) is 40.3. The van der Waals surface area contributed by atoms with E-state index in [1.165, 1.54) is 51.4 Å². The summed E-state index contributed by atoms with van der Waals surface area (Å²) in [5, 5.41) is 8.07. The third-order valence-electron chi connectivity index (χ3n) is 11.0. The van der Waals surface area contributed by atoms with Gasteiger partial charge in [0.1, 0.15) is 0 Å². The first-order valence-electron chi connectivity index (χ1n) is 23.2. The zero-order valence-corrected chi connectivity index (χ0v) is 41.9. The Bertz CT molecular complexity index is 2160. The second kappa shape index (κ2) is 23.1. The number of benzene rings is 3. The van der Waals surface area contributed by atoms with Crippen LogP contribution >= 0.6 is 0 Å². The predicted octanol–water partition coefficient (Wildman–Crippen LogP) is 13.2. The Balaban J connectivity index is 1.40. The third-order valence-corrected chi connectivity index (χ3v) is 12.5. The molecule has 3 aromatic carbocycles. The van der Waals surface area contributed by atoms with Gasteiger partial charge in [-0.1, -0.05) is 153 Å². The summed E-state index contributed by atoms with van der Waals surface area (Å²) in [7, 11) is 0. The Morgan fingerprint density at radius 2 is 1.02 bits per heavy atom. The van der Waals surface area contributed by atoms with E-state index in [9.17, 15) is 8.42 Å². The van der Waals surface area contributed by atoms with Crippen molar-refractivity contribution >= 4 is 39.6 Å². The number of ether oxygens (including phenoxy) is 2. The van der Waals surface area contributed by atoms with Crippen LogP contribution in [0.15, 0.2) is 60.7 Å². The predicted molar refractivity (Wildman–Crippen MR) is 264 cm³/mol. The van der Waals surface area contributed by atoms with E-state index in [1.807, 2.05) is 42.5 Å². The van der Waals surface area contributed by atoms with Crippen LogP contribution in [-0.2, 0) is 38.8 Å². The molecule has 0 aliphatic heterocycles. The maximum Gasteiger partial charge on any atom is 0.316 e. The van der Waals surface area contributed by atoms with Crippen molar-refractivity contribution in [3.05, 3.63) is 77.5 Å². The lowest BCUT2D eigenvalue weighted by Gasteiger charge is -2.21. The van der Waals surface area contributed by atoms with E-state index in [4.69, 9.17) is 27.9 Å². The van der Waals surface area contributed by atoms with Gasteiger partial charge in [-0.2, -0.15) is 13.0 Å². The van der Waals surface area contributed by atoms with Crippen molar-refractivity contribution in [3.63, 3.8) is 0 Å². The fraction of sp³-hybridized carbons (Fsp3) is 0.560. The van der Waals surface area contributed by atoms with Crippen LogP contribution in [0, 0.1) is 0 Å². The highest BCUT2D eigenvalue weighted by atomic mass is 32.2. The zero-order chi connectivity index (χ0) is 46.5. The maximum absolute atomic E-state index is 13.9. The van der Waals surface area contributed by atoms with Crippen LogP contribution in [0.1, 0.15) is 170 Å². The Morgan fingerprint density at radius 1 is 0.562 bits per heavy atom. The van der Waals surface area contributed by atoms with Gasteiger partial charge in [0.2, 0.25) is 0 Å². The van der Waals surface area contributed by atoms with Crippen LogP contribution in [0.3, 0.4) is 0 Å². The molecule has 0 aliphatic rings. The molecule has 14 heteroatoms. The molecule has 5 rings (SSSR count). The van der Waals surface area contributed by atoms with Crippen LogP contribution in [0.5, 0.6) is 23.0 Å². The number of rotatable bonds is 25. The van der Waals surface area contributed by atoms with Gasteiger partial charge >= 0.3 is 22.5 Å². The number of anilines is 2. The average molecular weight is 919 g/mol. The Kier molecular flexibility index (Phi) is 18.2. The molecule has 2 heterocycles. The molecule has 0 radical (unpaired) electrons. The van der Waals surface area contributed by atoms with Gasteiger partial charge in [-0.3, -0.25) is 14.5 Å². The van der Waals surface area contributed by atoms with Crippen LogP contribution < -0.4 is 27.3 Å². The number of H-pyrrole nitrogens is 1. The maximum atomic E-state index is 13.9. The fourth-order valence-electron chi connectivity index (χ4n) is 7.00. The quantitative estimate of drug-likeness (QED) is 0.0492. The van der Waals surface area contributed by atoms with Gasteiger partial charge in [-0.05, 0) is 77.3 Å². The molecular weight excluding hydrogens is 845 g/mol. The van der Waals surface area contributed by atoms with Crippen LogP contribution in [-0.4, -0.2) is 41.4 Å². The van der Waals surface area contributed by atoms with Gasteiger partial charge in [-0.25, -0.2) is 4.98 Å². The van der Waals surface area contributed by atoms with Crippen LogP contribution in [0.4, 0.5) is 11.4 Å². The highest BCUT2D eigenvalue weighted by Crippen LogP contribution is 2.37. The van der Waals surface area contributed by atoms with E-state index in [0.717, 1.165) is 42.5 Å². The number of aromatic amines is 1. The number of unbranched alkanes of at least 4 members (excludes halogenated alkanes) is 10. The van der Waals surface area contributed by atoms with Gasteiger partial charge in [0.15, 0.2) is 34.5 Å².